The van der Waals surface area contributed by atoms with Crippen LogP contribution in [-0.4, -0.2) is 76.3 Å². The second-order valence-electron chi connectivity index (χ2n) is 5.73. The van der Waals surface area contributed by atoms with Crippen LogP contribution in [0, 0.1) is 0 Å². The molecule has 0 unspecified atom stereocenters. The molecule has 4 N–H and O–H groups in total. The fraction of sp³-hybridized carbons (Fsp3) is 0.500. The fourth-order valence-electron chi connectivity index (χ4n) is 2.66. The van der Waals surface area contributed by atoms with E-state index >= 15 is 0 Å². The molecule has 1 aliphatic heterocycles. The minimum atomic E-state index is -5.14. The van der Waals surface area contributed by atoms with Crippen LogP contribution in [0.25, 0.3) is 0 Å². The van der Waals surface area contributed by atoms with Crippen LogP contribution in [0.5, 0.6) is 0 Å². The number of carbonyl (C=O) groups excluding carboxylic acids is 1. The van der Waals surface area contributed by atoms with Crippen molar-refractivity contribution in [1.29, 1.82) is 0 Å². The molecule has 1 saturated heterocycles. The molecule has 0 amide bonds. The van der Waals surface area contributed by atoms with Crippen molar-refractivity contribution >= 4 is 26.8 Å². The van der Waals surface area contributed by atoms with Crippen molar-refractivity contribution in [3.8, 4) is 0 Å². The van der Waals surface area contributed by atoms with Crippen molar-refractivity contribution < 1.29 is 53.3 Å². The molecule has 0 saturated carbocycles. The van der Waals surface area contributed by atoms with Crippen molar-refractivity contribution in [3.63, 3.8) is 0 Å². The maximum Gasteiger partial charge on any atom is 0.397 e. The molecule has 13 nitrogen and oxygen atoms in total. The van der Waals surface area contributed by atoms with Gasteiger partial charge in [-0.25, -0.2) is 13.2 Å². The Hall–Kier alpha value is -1.69. The predicted octanol–water partition coefficient (Wildman–Crippen LogP) is -1.08. The first-order valence-corrected chi connectivity index (χ1v) is 10.6. The van der Waals surface area contributed by atoms with Gasteiger partial charge in [-0.1, -0.05) is 18.2 Å². The molecule has 15 heteroatoms. The Labute approximate surface area is 166 Å². The smallest absolute Gasteiger partial charge is 0.397 e. The van der Waals surface area contributed by atoms with Gasteiger partial charge in [0.25, 0.3) is 0 Å². The van der Waals surface area contributed by atoms with Crippen molar-refractivity contribution in [1.82, 2.24) is 0 Å². The van der Waals surface area contributed by atoms with E-state index in [-0.39, 0.29) is 5.56 Å². The Morgan fingerprint density at radius 1 is 1.03 bits per heavy atom. The Bertz CT molecular complexity index is 856. The SMILES string of the molecule is CO[C@H]1O[C@H](CN)[C@@H](OS(=O)(=O)O)[C@H](OC(=O)c2ccccc2)[C@@H]1OS(=O)(=O)O. The highest BCUT2D eigenvalue weighted by Crippen LogP contribution is 2.30. The van der Waals surface area contributed by atoms with E-state index in [9.17, 15) is 21.6 Å². The third-order valence-corrected chi connectivity index (χ3v) is 4.70. The van der Waals surface area contributed by atoms with Gasteiger partial charge in [0.05, 0.1) is 5.56 Å². The fourth-order valence-corrected chi connectivity index (χ4v) is 3.65. The van der Waals surface area contributed by atoms with Crippen molar-refractivity contribution in [2.75, 3.05) is 13.7 Å². The zero-order chi connectivity index (χ0) is 21.8. The summed E-state index contributed by atoms with van der Waals surface area (Å²) in [6, 6.07) is 7.38. The molecule has 1 heterocycles. The Morgan fingerprint density at radius 2 is 1.59 bits per heavy atom. The van der Waals surface area contributed by atoms with Crippen LogP contribution in [0.2, 0.25) is 0 Å². The number of rotatable bonds is 8. The van der Waals surface area contributed by atoms with Crippen LogP contribution in [0.15, 0.2) is 30.3 Å². The number of carbonyl (C=O) groups is 1. The second kappa shape index (κ2) is 9.41. The molecule has 1 aromatic rings. The summed E-state index contributed by atoms with van der Waals surface area (Å²) in [5, 5.41) is 0. The van der Waals surface area contributed by atoms with Gasteiger partial charge < -0.3 is 19.9 Å². The summed E-state index contributed by atoms with van der Waals surface area (Å²) in [5.41, 5.74) is 5.54. The zero-order valence-electron chi connectivity index (χ0n) is 14.9. The molecule has 0 radical (unpaired) electrons. The summed E-state index contributed by atoms with van der Waals surface area (Å²) in [6.45, 7) is -0.405. The van der Waals surface area contributed by atoms with E-state index < -0.39 is 64.0 Å². The van der Waals surface area contributed by atoms with Crippen molar-refractivity contribution in [2.24, 2.45) is 5.73 Å². The first-order chi connectivity index (χ1) is 13.4. The van der Waals surface area contributed by atoms with E-state index in [4.69, 9.17) is 29.0 Å². The number of methoxy groups -OCH3 is 1. The lowest BCUT2D eigenvalue weighted by Gasteiger charge is -2.43. The largest absolute Gasteiger partial charge is 0.453 e. The van der Waals surface area contributed by atoms with Gasteiger partial charge in [-0.15, -0.1) is 0 Å². The molecule has 1 fully saturated rings. The van der Waals surface area contributed by atoms with E-state index in [1.807, 2.05) is 0 Å². The summed E-state index contributed by atoms with van der Waals surface area (Å²) < 4.78 is 87.6. The van der Waals surface area contributed by atoms with Gasteiger partial charge in [0.15, 0.2) is 18.5 Å². The molecular weight excluding hydrogens is 438 g/mol. The Balaban J connectivity index is 2.47. The highest BCUT2D eigenvalue weighted by Gasteiger charge is 2.53. The monoisotopic (exact) mass is 457 g/mol. The van der Waals surface area contributed by atoms with Crippen LogP contribution in [-0.2, 0) is 43.4 Å². The number of hydrogen-bond donors (Lipinski definition) is 3. The number of ether oxygens (including phenoxy) is 3. The summed E-state index contributed by atoms with van der Waals surface area (Å²) >= 11 is 0. The molecule has 2 rings (SSSR count). The quantitative estimate of drug-likeness (QED) is 0.315. The zero-order valence-corrected chi connectivity index (χ0v) is 16.5. The third kappa shape index (κ3) is 6.66. The highest BCUT2D eigenvalue weighted by molar-refractivity contribution is 7.81. The van der Waals surface area contributed by atoms with Crippen molar-refractivity contribution in [3.05, 3.63) is 35.9 Å². The molecule has 1 aromatic carbocycles. The van der Waals surface area contributed by atoms with Gasteiger partial charge in [0.1, 0.15) is 12.2 Å². The van der Waals surface area contributed by atoms with Crippen LogP contribution in [0.1, 0.15) is 10.4 Å². The number of hydrogen-bond acceptors (Lipinski definition) is 11. The van der Waals surface area contributed by atoms with Gasteiger partial charge in [-0.05, 0) is 12.1 Å². The highest BCUT2D eigenvalue weighted by atomic mass is 32.3. The summed E-state index contributed by atoms with van der Waals surface area (Å²) in [7, 11) is -9.19. The number of esters is 1. The maximum absolute atomic E-state index is 12.5. The average Bonchev–Trinajstić information content (AvgIpc) is 2.63. The van der Waals surface area contributed by atoms with Gasteiger partial charge in [0.2, 0.25) is 0 Å². The molecule has 5 atom stereocenters. The van der Waals surface area contributed by atoms with Gasteiger partial charge in [0, 0.05) is 13.7 Å². The first-order valence-electron chi connectivity index (χ1n) is 7.91. The maximum atomic E-state index is 12.5. The van der Waals surface area contributed by atoms with E-state index in [1.54, 1.807) is 6.07 Å². The van der Waals surface area contributed by atoms with Crippen molar-refractivity contribution in [2.45, 2.75) is 30.7 Å². The molecule has 0 spiro atoms. The summed E-state index contributed by atoms with van der Waals surface area (Å²) in [6.07, 6.45) is -8.49. The Kier molecular flexibility index (Phi) is 7.66. The standard InChI is InChI=1S/C14H19NO12S2/c1-23-14-12(27-29(20,21)22)11(25-13(16)8-5-3-2-4-6-8)10(9(7-15)24-14)26-28(17,18)19/h2-6,9-12,14H,7,15H2,1H3,(H,17,18,19)(H,20,21,22)/t9-,10-,11+,12+,14+/m1/s1. The lowest BCUT2D eigenvalue weighted by Crippen LogP contribution is -2.63. The van der Waals surface area contributed by atoms with Crippen LogP contribution < -0.4 is 5.73 Å². The molecule has 164 valence electrons. The summed E-state index contributed by atoms with van der Waals surface area (Å²) in [5.74, 6) is -1.02. The topological polar surface area (TPSA) is 198 Å². The van der Waals surface area contributed by atoms with Crippen LogP contribution in [0.3, 0.4) is 0 Å². The van der Waals surface area contributed by atoms with E-state index in [2.05, 4.69) is 8.37 Å². The molecule has 0 aliphatic carbocycles. The third-order valence-electron chi connectivity index (χ3n) is 3.77. The lowest BCUT2D eigenvalue weighted by molar-refractivity contribution is -0.276. The van der Waals surface area contributed by atoms with Gasteiger partial charge >= 0.3 is 26.8 Å². The minimum absolute atomic E-state index is 0.0217. The Morgan fingerprint density at radius 3 is 2.07 bits per heavy atom. The van der Waals surface area contributed by atoms with E-state index in [0.29, 0.717) is 0 Å². The molecular formula is C14H19NO12S2. The van der Waals surface area contributed by atoms with Gasteiger partial charge in [-0.3, -0.25) is 9.11 Å². The second-order valence-corrected chi connectivity index (χ2v) is 7.82. The molecule has 0 bridgehead atoms. The molecule has 29 heavy (non-hydrogen) atoms. The first kappa shape index (κ1) is 23.6. The molecule has 1 aliphatic rings. The van der Waals surface area contributed by atoms with E-state index in [1.165, 1.54) is 24.3 Å². The number of benzene rings is 1. The lowest BCUT2D eigenvalue weighted by atomic mass is 9.98. The summed E-state index contributed by atoms with van der Waals surface area (Å²) in [4.78, 5) is 12.5. The van der Waals surface area contributed by atoms with Gasteiger partial charge in [-0.2, -0.15) is 16.8 Å². The number of nitrogens with two attached hydrogens (primary N) is 1. The average molecular weight is 457 g/mol. The van der Waals surface area contributed by atoms with Crippen LogP contribution in [0.4, 0.5) is 0 Å². The predicted molar refractivity (Wildman–Crippen MR) is 93.2 cm³/mol. The molecule has 0 aromatic heterocycles. The van der Waals surface area contributed by atoms with E-state index in [0.717, 1.165) is 7.11 Å². The minimum Gasteiger partial charge on any atom is -0.453 e. The normalized spacial score (nSPS) is 28.1. The van der Waals surface area contributed by atoms with Crippen LogP contribution >= 0.6 is 0 Å².